The fourth-order valence-electron chi connectivity index (χ4n) is 0.693. The molecule has 86 valence electrons. The van der Waals surface area contributed by atoms with E-state index in [4.69, 9.17) is 15.2 Å². The number of nitrogens with one attached hydrogen (secondary N) is 1. The number of carbonyl (C=O) groups is 2. The first-order chi connectivity index (χ1) is 7.16. The molecular formula is C9H16N2O4. The number of amides is 2. The van der Waals surface area contributed by atoms with Gasteiger partial charge in [0, 0.05) is 6.54 Å². The molecule has 0 spiro atoms. The van der Waals surface area contributed by atoms with E-state index in [0.29, 0.717) is 6.54 Å². The topological polar surface area (TPSA) is 90.7 Å². The van der Waals surface area contributed by atoms with Gasteiger partial charge in [-0.25, -0.2) is 0 Å². The van der Waals surface area contributed by atoms with Crippen molar-refractivity contribution in [3.63, 3.8) is 0 Å². The Bertz CT molecular complexity index is 218. The molecule has 0 radical (unpaired) electrons. The lowest BCUT2D eigenvalue weighted by molar-refractivity contribution is -0.127. The first kappa shape index (κ1) is 13.6. The van der Waals surface area contributed by atoms with Gasteiger partial charge in [0.05, 0.1) is 13.2 Å². The molecule has 0 saturated heterocycles. The Hall–Kier alpha value is -1.40. The van der Waals surface area contributed by atoms with E-state index in [2.05, 4.69) is 11.9 Å². The van der Waals surface area contributed by atoms with Crippen LogP contribution in [0, 0.1) is 0 Å². The van der Waals surface area contributed by atoms with E-state index in [1.54, 1.807) is 6.08 Å². The minimum atomic E-state index is -0.529. The van der Waals surface area contributed by atoms with Crippen molar-refractivity contribution in [3.8, 4) is 0 Å². The second-order valence-corrected chi connectivity index (χ2v) is 2.66. The Kier molecular flexibility index (Phi) is 8.31. The molecule has 2 amide bonds. The maximum absolute atomic E-state index is 10.9. The van der Waals surface area contributed by atoms with E-state index >= 15 is 0 Å². The fourth-order valence-corrected chi connectivity index (χ4v) is 0.693. The predicted octanol–water partition coefficient (Wildman–Crippen LogP) is -1.19. The van der Waals surface area contributed by atoms with Crippen LogP contribution in [0.1, 0.15) is 0 Å². The Morgan fingerprint density at radius 2 is 1.87 bits per heavy atom. The van der Waals surface area contributed by atoms with Crippen molar-refractivity contribution in [2.24, 2.45) is 5.73 Å². The second-order valence-electron chi connectivity index (χ2n) is 2.66. The van der Waals surface area contributed by atoms with Crippen molar-refractivity contribution >= 4 is 11.8 Å². The van der Waals surface area contributed by atoms with E-state index in [9.17, 15) is 9.59 Å². The van der Waals surface area contributed by atoms with Gasteiger partial charge in [-0.05, 0) is 0 Å². The van der Waals surface area contributed by atoms with E-state index in [-0.39, 0.29) is 32.3 Å². The highest BCUT2D eigenvalue weighted by Crippen LogP contribution is 1.79. The number of ether oxygens (including phenoxy) is 2. The van der Waals surface area contributed by atoms with Crippen molar-refractivity contribution in [2.45, 2.75) is 0 Å². The lowest BCUT2D eigenvalue weighted by Gasteiger charge is -2.04. The molecule has 6 heteroatoms. The van der Waals surface area contributed by atoms with Crippen LogP contribution < -0.4 is 11.1 Å². The third kappa shape index (κ3) is 10.5. The molecule has 0 aromatic rings. The molecule has 6 nitrogen and oxygen atoms in total. The van der Waals surface area contributed by atoms with Gasteiger partial charge in [0.1, 0.15) is 13.2 Å². The number of primary amides is 1. The summed E-state index contributed by atoms with van der Waals surface area (Å²) < 4.78 is 9.76. The van der Waals surface area contributed by atoms with Gasteiger partial charge in [0.25, 0.3) is 0 Å². The Balaban J connectivity index is 3.19. The summed E-state index contributed by atoms with van der Waals surface area (Å²) >= 11 is 0. The minimum absolute atomic E-state index is 0.0340. The highest BCUT2D eigenvalue weighted by Gasteiger charge is 1.99. The van der Waals surface area contributed by atoms with Crippen LogP contribution in [0.5, 0.6) is 0 Å². The van der Waals surface area contributed by atoms with Gasteiger partial charge in [-0.3, -0.25) is 9.59 Å². The molecule has 0 aliphatic rings. The van der Waals surface area contributed by atoms with Crippen molar-refractivity contribution in [2.75, 3.05) is 33.0 Å². The number of hydrogen-bond donors (Lipinski definition) is 2. The summed E-state index contributed by atoms with van der Waals surface area (Å²) in [5.41, 5.74) is 4.83. The lowest BCUT2D eigenvalue weighted by atomic mass is 10.5. The van der Waals surface area contributed by atoms with E-state index in [0.717, 1.165) is 0 Å². The average molecular weight is 216 g/mol. The number of hydrogen-bond acceptors (Lipinski definition) is 4. The van der Waals surface area contributed by atoms with Crippen LogP contribution in [0.4, 0.5) is 0 Å². The molecular weight excluding hydrogens is 200 g/mol. The highest BCUT2D eigenvalue weighted by atomic mass is 16.5. The molecule has 0 aliphatic carbocycles. The van der Waals surface area contributed by atoms with Gasteiger partial charge in [0.2, 0.25) is 11.8 Å². The first-order valence-electron chi connectivity index (χ1n) is 4.48. The van der Waals surface area contributed by atoms with Crippen LogP contribution in [0.3, 0.4) is 0 Å². The molecule has 0 rings (SSSR count). The van der Waals surface area contributed by atoms with E-state index in [1.807, 2.05) is 0 Å². The monoisotopic (exact) mass is 216 g/mol. The minimum Gasteiger partial charge on any atom is -0.369 e. The number of nitrogens with two attached hydrogens (primary N) is 1. The zero-order valence-corrected chi connectivity index (χ0v) is 8.53. The van der Waals surface area contributed by atoms with Crippen LogP contribution >= 0.6 is 0 Å². The average Bonchev–Trinajstić information content (AvgIpc) is 2.19. The van der Waals surface area contributed by atoms with E-state index in [1.165, 1.54) is 0 Å². The molecule has 0 unspecified atom stereocenters. The highest BCUT2D eigenvalue weighted by molar-refractivity contribution is 5.77. The van der Waals surface area contributed by atoms with Crippen LogP contribution in [0.25, 0.3) is 0 Å². The molecule has 0 heterocycles. The lowest BCUT2D eigenvalue weighted by Crippen LogP contribution is -2.28. The zero-order chi connectivity index (χ0) is 11.5. The normalized spacial score (nSPS) is 9.60. The first-order valence-corrected chi connectivity index (χ1v) is 4.48. The van der Waals surface area contributed by atoms with Crippen LogP contribution in [-0.2, 0) is 19.1 Å². The third-order valence-electron chi connectivity index (χ3n) is 1.29. The molecule has 15 heavy (non-hydrogen) atoms. The molecule has 0 aliphatic heterocycles. The maximum Gasteiger partial charge on any atom is 0.246 e. The second kappa shape index (κ2) is 9.17. The van der Waals surface area contributed by atoms with Crippen molar-refractivity contribution < 1.29 is 19.1 Å². The quantitative estimate of drug-likeness (QED) is 0.374. The standard InChI is InChI=1S/C9H16N2O4/c1-2-3-11-9(13)7-15-5-4-14-6-8(10)12/h2H,1,3-7H2,(H2,10,12)(H,11,13). The molecule has 0 bridgehead atoms. The molecule has 0 aromatic heterocycles. The van der Waals surface area contributed by atoms with Gasteiger partial charge in [-0.1, -0.05) is 6.08 Å². The van der Waals surface area contributed by atoms with Gasteiger partial charge < -0.3 is 20.5 Å². The van der Waals surface area contributed by atoms with Crippen molar-refractivity contribution in [1.82, 2.24) is 5.32 Å². The Labute approximate surface area is 88.4 Å². The number of carbonyl (C=O) groups excluding carboxylic acids is 2. The zero-order valence-electron chi connectivity index (χ0n) is 8.53. The molecule has 0 saturated carbocycles. The largest absolute Gasteiger partial charge is 0.369 e. The van der Waals surface area contributed by atoms with Crippen LogP contribution in [-0.4, -0.2) is 44.8 Å². The Morgan fingerprint density at radius 3 is 2.40 bits per heavy atom. The van der Waals surface area contributed by atoms with Gasteiger partial charge in [0.15, 0.2) is 0 Å². The summed E-state index contributed by atoms with van der Waals surface area (Å²) in [5.74, 6) is -0.747. The summed E-state index contributed by atoms with van der Waals surface area (Å²) in [6, 6.07) is 0. The summed E-state index contributed by atoms with van der Waals surface area (Å²) in [7, 11) is 0. The van der Waals surface area contributed by atoms with Gasteiger partial charge in [-0.15, -0.1) is 6.58 Å². The summed E-state index contributed by atoms with van der Waals surface area (Å²) in [4.78, 5) is 21.2. The summed E-state index contributed by atoms with van der Waals surface area (Å²) in [5, 5.41) is 2.54. The molecule has 0 aromatic carbocycles. The molecule has 0 fully saturated rings. The summed E-state index contributed by atoms with van der Waals surface area (Å²) in [6.07, 6.45) is 1.58. The molecule has 0 atom stereocenters. The third-order valence-corrected chi connectivity index (χ3v) is 1.29. The summed E-state index contributed by atoms with van der Waals surface area (Å²) in [6.45, 7) is 4.18. The van der Waals surface area contributed by atoms with Crippen LogP contribution in [0.2, 0.25) is 0 Å². The Morgan fingerprint density at radius 1 is 1.27 bits per heavy atom. The number of rotatable bonds is 9. The SMILES string of the molecule is C=CCNC(=O)COCCOCC(N)=O. The van der Waals surface area contributed by atoms with Crippen molar-refractivity contribution in [3.05, 3.63) is 12.7 Å². The molecule has 3 N–H and O–H groups in total. The maximum atomic E-state index is 10.9. The fraction of sp³-hybridized carbons (Fsp3) is 0.556. The van der Waals surface area contributed by atoms with Crippen LogP contribution in [0.15, 0.2) is 12.7 Å². The van der Waals surface area contributed by atoms with Gasteiger partial charge >= 0.3 is 0 Å². The van der Waals surface area contributed by atoms with Crippen molar-refractivity contribution in [1.29, 1.82) is 0 Å². The van der Waals surface area contributed by atoms with E-state index < -0.39 is 5.91 Å². The predicted molar refractivity (Wildman–Crippen MR) is 54.0 cm³/mol. The van der Waals surface area contributed by atoms with Gasteiger partial charge in [-0.2, -0.15) is 0 Å². The smallest absolute Gasteiger partial charge is 0.246 e.